The van der Waals surface area contributed by atoms with Crippen molar-refractivity contribution in [1.82, 2.24) is 14.7 Å². The van der Waals surface area contributed by atoms with Crippen LogP contribution in [0.5, 0.6) is 0 Å². The average molecular weight is 347 g/mol. The minimum absolute atomic E-state index is 0.0862. The van der Waals surface area contributed by atoms with Crippen LogP contribution in [0.4, 0.5) is 0 Å². The van der Waals surface area contributed by atoms with E-state index in [0.717, 1.165) is 0 Å². The summed E-state index contributed by atoms with van der Waals surface area (Å²) in [5.41, 5.74) is 0.583. The standard InChI is InChI=1S/C10H10IN3O3/c1-16-5-8-2-7(13-17-8)4-14-6-12-3-9(11)10(14)15/h2-3,6H,4-5H2,1H3. The molecular weight excluding hydrogens is 337 g/mol. The number of hydrogen-bond acceptors (Lipinski definition) is 5. The molecule has 0 bridgehead atoms. The SMILES string of the molecule is COCc1cc(Cn2cncc(I)c2=O)no1. The highest BCUT2D eigenvalue weighted by atomic mass is 127. The first kappa shape index (κ1) is 12.2. The van der Waals surface area contributed by atoms with Gasteiger partial charge in [-0.2, -0.15) is 0 Å². The summed E-state index contributed by atoms with van der Waals surface area (Å²) < 4.78 is 12.0. The van der Waals surface area contributed by atoms with E-state index in [2.05, 4.69) is 10.1 Å². The molecule has 0 aliphatic rings. The van der Waals surface area contributed by atoms with Crippen molar-refractivity contribution in [2.24, 2.45) is 0 Å². The maximum absolute atomic E-state index is 11.7. The number of aromatic nitrogens is 3. The van der Waals surface area contributed by atoms with Gasteiger partial charge in [0.15, 0.2) is 5.76 Å². The molecule has 2 aromatic rings. The van der Waals surface area contributed by atoms with E-state index in [4.69, 9.17) is 9.26 Å². The van der Waals surface area contributed by atoms with Crippen LogP contribution in [0, 0.1) is 3.57 Å². The van der Waals surface area contributed by atoms with E-state index >= 15 is 0 Å². The molecule has 2 rings (SSSR count). The molecule has 0 fully saturated rings. The molecule has 0 amide bonds. The van der Waals surface area contributed by atoms with Crippen molar-refractivity contribution >= 4 is 22.6 Å². The first-order valence-electron chi connectivity index (χ1n) is 4.84. The molecule has 90 valence electrons. The minimum Gasteiger partial charge on any atom is -0.377 e. The first-order valence-corrected chi connectivity index (χ1v) is 5.92. The number of halogens is 1. The second kappa shape index (κ2) is 5.41. The number of methoxy groups -OCH3 is 1. The summed E-state index contributed by atoms with van der Waals surface area (Å²) in [7, 11) is 1.58. The fourth-order valence-corrected chi connectivity index (χ4v) is 1.82. The Kier molecular flexibility index (Phi) is 3.89. The van der Waals surface area contributed by atoms with E-state index in [0.29, 0.717) is 28.2 Å². The van der Waals surface area contributed by atoms with E-state index in [9.17, 15) is 4.79 Å². The van der Waals surface area contributed by atoms with Gasteiger partial charge in [0.25, 0.3) is 5.56 Å². The van der Waals surface area contributed by atoms with Crippen LogP contribution in [0.2, 0.25) is 0 Å². The van der Waals surface area contributed by atoms with Gasteiger partial charge in [0, 0.05) is 19.4 Å². The highest BCUT2D eigenvalue weighted by Crippen LogP contribution is 2.05. The van der Waals surface area contributed by atoms with E-state index < -0.39 is 0 Å². The lowest BCUT2D eigenvalue weighted by atomic mass is 10.3. The van der Waals surface area contributed by atoms with Gasteiger partial charge in [-0.1, -0.05) is 5.16 Å². The maximum atomic E-state index is 11.7. The van der Waals surface area contributed by atoms with E-state index in [1.165, 1.54) is 17.1 Å². The lowest BCUT2D eigenvalue weighted by molar-refractivity contribution is 0.155. The van der Waals surface area contributed by atoms with Gasteiger partial charge < -0.3 is 9.26 Å². The Morgan fingerprint density at radius 1 is 1.59 bits per heavy atom. The summed E-state index contributed by atoms with van der Waals surface area (Å²) in [5, 5.41) is 3.86. The van der Waals surface area contributed by atoms with E-state index in [1.807, 2.05) is 22.6 Å². The Balaban J connectivity index is 2.19. The van der Waals surface area contributed by atoms with Gasteiger partial charge in [-0.25, -0.2) is 4.98 Å². The van der Waals surface area contributed by atoms with Crippen LogP contribution < -0.4 is 5.56 Å². The van der Waals surface area contributed by atoms with Gasteiger partial charge in [0.1, 0.15) is 12.3 Å². The van der Waals surface area contributed by atoms with Crippen LogP contribution in [-0.2, 0) is 17.9 Å². The zero-order chi connectivity index (χ0) is 12.3. The highest BCUT2D eigenvalue weighted by molar-refractivity contribution is 14.1. The quantitative estimate of drug-likeness (QED) is 0.773. The number of hydrogen-bond donors (Lipinski definition) is 0. The van der Waals surface area contributed by atoms with Gasteiger partial charge in [0.05, 0.1) is 16.4 Å². The van der Waals surface area contributed by atoms with Crippen molar-refractivity contribution in [2.45, 2.75) is 13.2 Å². The largest absolute Gasteiger partial charge is 0.377 e. The lowest BCUT2D eigenvalue weighted by Gasteiger charge is -2.01. The molecular formula is C10H10IN3O3. The summed E-state index contributed by atoms with van der Waals surface area (Å²) in [6.45, 7) is 0.711. The molecule has 0 aliphatic carbocycles. The molecule has 0 saturated heterocycles. The molecule has 0 spiro atoms. The van der Waals surface area contributed by atoms with E-state index in [-0.39, 0.29) is 5.56 Å². The maximum Gasteiger partial charge on any atom is 0.267 e. The predicted molar refractivity (Wildman–Crippen MR) is 67.5 cm³/mol. The fraction of sp³-hybridized carbons (Fsp3) is 0.300. The van der Waals surface area contributed by atoms with Crippen molar-refractivity contribution < 1.29 is 9.26 Å². The smallest absolute Gasteiger partial charge is 0.267 e. The molecule has 0 atom stereocenters. The summed E-state index contributed by atoms with van der Waals surface area (Å²) in [5.74, 6) is 0.633. The van der Waals surface area contributed by atoms with Crippen molar-refractivity contribution in [3.63, 3.8) is 0 Å². The molecule has 6 nitrogen and oxygen atoms in total. The summed E-state index contributed by atoms with van der Waals surface area (Å²) in [4.78, 5) is 15.7. The van der Waals surface area contributed by atoms with Gasteiger partial charge in [-0.05, 0) is 22.6 Å². The second-order valence-electron chi connectivity index (χ2n) is 3.39. The van der Waals surface area contributed by atoms with E-state index in [1.54, 1.807) is 13.2 Å². The van der Waals surface area contributed by atoms with Gasteiger partial charge in [0.2, 0.25) is 0 Å². The molecule has 0 N–H and O–H groups in total. The molecule has 7 heteroatoms. The molecule has 2 heterocycles. The third kappa shape index (κ3) is 2.91. The van der Waals surface area contributed by atoms with Gasteiger partial charge >= 0.3 is 0 Å². The van der Waals surface area contributed by atoms with Crippen molar-refractivity contribution in [1.29, 1.82) is 0 Å². The van der Waals surface area contributed by atoms with Crippen molar-refractivity contribution in [2.75, 3.05) is 7.11 Å². The zero-order valence-corrected chi connectivity index (χ0v) is 11.2. The zero-order valence-electron chi connectivity index (χ0n) is 9.09. The predicted octanol–water partition coefficient (Wildman–Crippen LogP) is 1.03. The number of ether oxygens (including phenoxy) is 1. The molecule has 17 heavy (non-hydrogen) atoms. The first-order chi connectivity index (χ1) is 8.20. The topological polar surface area (TPSA) is 70.2 Å². The lowest BCUT2D eigenvalue weighted by Crippen LogP contribution is -2.23. The summed E-state index contributed by atoms with van der Waals surface area (Å²) in [6, 6.07) is 1.76. The second-order valence-corrected chi connectivity index (χ2v) is 4.55. The van der Waals surface area contributed by atoms with Crippen LogP contribution in [0.15, 0.2) is 27.9 Å². The van der Waals surface area contributed by atoms with Crippen LogP contribution >= 0.6 is 22.6 Å². The third-order valence-corrected chi connectivity index (χ3v) is 2.83. The minimum atomic E-state index is -0.0862. The molecule has 0 unspecified atom stereocenters. The number of nitrogens with zero attached hydrogens (tertiary/aromatic N) is 3. The monoisotopic (exact) mass is 347 g/mol. The number of rotatable bonds is 4. The van der Waals surface area contributed by atoms with Crippen LogP contribution in [0.25, 0.3) is 0 Å². The Morgan fingerprint density at radius 2 is 2.41 bits per heavy atom. The Morgan fingerprint density at radius 3 is 3.18 bits per heavy atom. The fourth-order valence-electron chi connectivity index (χ4n) is 1.35. The van der Waals surface area contributed by atoms with Gasteiger partial charge in [-0.15, -0.1) is 0 Å². The van der Waals surface area contributed by atoms with Crippen LogP contribution in [-0.4, -0.2) is 21.8 Å². The summed E-state index contributed by atoms with van der Waals surface area (Å²) in [6.07, 6.45) is 3.01. The summed E-state index contributed by atoms with van der Waals surface area (Å²) >= 11 is 1.95. The molecule has 2 aromatic heterocycles. The van der Waals surface area contributed by atoms with Crippen molar-refractivity contribution in [3.05, 3.63) is 44.0 Å². The van der Waals surface area contributed by atoms with Crippen LogP contribution in [0.3, 0.4) is 0 Å². The Bertz CT molecular complexity index is 564. The Labute approximate surface area is 111 Å². The highest BCUT2D eigenvalue weighted by Gasteiger charge is 2.07. The molecule has 0 aliphatic heterocycles. The molecule has 0 radical (unpaired) electrons. The average Bonchev–Trinajstić information content (AvgIpc) is 2.73. The van der Waals surface area contributed by atoms with Crippen molar-refractivity contribution in [3.8, 4) is 0 Å². The molecule has 0 saturated carbocycles. The normalized spacial score (nSPS) is 10.7. The van der Waals surface area contributed by atoms with Gasteiger partial charge in [-0.3, -0.25) is 9.36 Å². The molecule has 0 aromatic carbocycles. The Hall–Kier alpha value is -1.22. The van der Waals surface area contributed by atoms with Crippen LogP contribution in [0.1, 0.15) is 11.5 Å². The third-order valence-electron chi connectivity index (χ3n) is 2.09.